The van der Waals surface area contributed by atoms with Crippen LogP contribution in [0.3, 0.4) is 0 Å². The SMILES string of the molecule is CCOc1cc(/C=C2/SC(=Nc3cccc(Cl)c3C)NC2=O)ccc1OCc1ccccc1F. The van der Waals surface area contributed by atoms with Crippen LogP contribution < -0.4 is 14.8 Å². The summed E-state index contributed by atoms with van der Waals surface area (Å²) in [5.74, 6) is 0.451. The number of nitrogens with one attached hydrogen (secondary N) is 1. The predicted molar refractivity (Wildman–Crippen MR) is 135 cm³/mol. The van der Waals surface area contributed by atoms with E-state index in [1.807, 2.05) is 32.0 Å². The largest absolute Gasteiger partial charge is 0.490 e. The number of carbonyl (C=O) groups is 1. The molecule has 0 bridgehead atoms. The Labute approximate surface area is 206 Å². The monoisotopic (exact) mass is 496 g/mol. The summed E-state index contributed by atoms with van der Waals surface area (Å²) in [4.78, 5) is 17.5. The molecule has 1 saturated heterocycles. The first-order valence-corrected chi connectivity index (χ1v) is 11.8. The lowest BCUT2D eigenvalue weighted by atomic mass is 10.1. The maximum Gasteiger partial charge on any atom is 0.264 e. The molecule has 3 aromatic rings. The van der Waals surface area contributed by atoms with Gasteiger partial charge in [-0.1, -0.05) is 41.9 Å². The molecule has 1 aliphatic rings. The predicted octanol–water partition coefficient (Wildman–Crippen LogP) is 6.66. The third kappa shape index (κ3) is 5.61. The van der Waals surface area contributed by atoms with Crippen molar-refractivity contribution in [3.8, 4) is 11.5 Å². The first-order chi connectivity index (χ1) is 16.4. The molecule has 0 aliphatic carbocycles. The van der Waals surface area contributed by atoms with Crippen LogP contribution in [-0.4, -0.2) is 17.7 Å². The van der Waals surface area contributed by atoms with Crippen LogP contribution in [0.5, 0.6) is 11.5 Å². The highest BCUT2D eigenvalue weighted by molar-refractivity contribution is 8.18. The molecule has 0 atom stereocenters. The average Bonchev–Trinajstić information content (AvgIpc) is 3.16. The Morgan fingerprint density at radius 1 is 1.09 bits per heavy atom. The lowest BCUT2D eigenvalue weighted by molar-refractivity contribution is -0.115. The van der Waals surface area contributed by atoms with Crippen LogP contribution >= 0.6 is 23.4 Å². The Bertz CT molecular complexity index is 1290. The Morgan fingerprint density at radius 3 is 2.71 bits per heavy atom. The molecule has 8 heteroatoms. The molecular formula is C26H22ClFN2O3S. The molecular weight excluding hydrogens is 475 g/mol. The van der Waals surface area contributed by atoms with E-state index in [9.17, 15) is 9.18 Å². The maximum absolute atomic E-state index is 13.9. The molecule has 1 amide bonds. The van der Waals surface area contributed by atoms with Crippen LogP contribution in [0.2, 0.25) is 5.02 Å². The standard InChI is InChI=1S/C26H22ClFN2O3S/c1-3-32-23-13-17(11-12-22(23)33-15-18-7-4-5-9-20(18)28)14-24-25(31)30-26(34-24)29-21-10-6-8-19(27)16(21)2/h4-14H,3,15H2,1-2H3,(H,29,30,31)/b24-14+. The van der Waals surface area contributed by atoms with Gasteiger partial charge in [-0.05, 0) is 73.1 Å². The number of rotatable bonds is 7. The topological polar surface area (TPSA) is 59.9 Å². The van der Waals surface area contributed by atoms with Crippen molar-refractivity contribution in [1.82, 2.24) is 5.32 Å². The van der Waals surface area contributed by atoms with Crippen molar-refractivity contribution in [1.29, 1.82) is 0 Å². The molecule has 1 fully saturated rings. The summed E-state index contributed by atoms with van der Waals surface area (Å²) in [7, 11) is 0. The molecule has 1 N–H and O–H groups in total. The van der Waals surface area contributed by atoms with E-state index in [-0.39, 0.29) is 18.3 Å². The Kier molecular flexibility index (Phi) is 7.55. The molecule has 5 nitrogen and oxygen atoms in total. The highest BCUT2D eigenvalue weighted by Gasteiger charge is 2.24. The van der Waals surface area contributed by atoms with Gasteiger partial charge in [0, 0.05) is 10.6 Å². The molecule has 3 aromatic carbocycles. The van der Waals surface area contributed by atoms with Gasteiger partial charge in [0.1, 0.15) is 12.4 Å². The van der Waals surface area contributed by atoms with Gasteiger partial charge in [-0.15, -0.1) is 0 Å². The second-order valence-corrected chi connectivity index (χ2v) is 8.82. The average molecular weight is 497 g/mol. The lowest BCUT2D eigenvalue weighted by Crippen LogP contribution is -2.19. The third-order valence-corrected chi connectivity index (χ3v) is 6.34. The number of carbonyl (C=O) groups excluding carboxylic acids is 1. The van der Waals surface area contributed by atoms with Crippen LogP contribution in [0.25, 0.3) is 6.08 Å². The fourth-order valence-corrected chi connectivity index (χ4v) is 4.24. The smallest absolute Gasteiger partial charge is 0.264 e. The van der Waals surface area contributed by atoms with Crippen molar-refractivity contribution in [3.63, 3.8) is 0 Å². The number of aliphatic imine (C=N–C) groups is 1. The molecule has 0 spiro atoms. The van der Waals surface area contributed by atoms with Gasteiger partial charge >= 0.3 is 0 Å². The highest BCUT2D eigenvalue weighted by atomic mass is 35.5. The number of amidine groups is 1. The third-order valence-electron chi connectivity index (χ3n) is 5.02. The van der Waals surface area contributed by atoms with Gasteiger partial charge in [-0.3, -0.25) is 4.79 Å². The molecule has 34 heavy (non-hydrogen) atoms. The summed E-state index contributed by atoms with van der Waals surface area (Å²) < 4.78 is 25.4. The van der Waals surface area contributed by atoms with Crippen LogP contribution in [-0.2, 0) is 11.4 Å². The van der Waals surface area contributed by atoms with E-state index in [0.29, 0.717) is 44.5 Å². The van der Waals surface area contributed by atoms with Gasteiger partial charge in [0.2, 0.25) is 0 Å². The molecule has 1 aliphatic heterocycles. The van der Waals surface area contributed by atoms with Crippen molar-refractivity contribution in [3.05, 3.63) is 93.1 Å². The number of hydrogen-bond acceptors (Lipinski definition) is 5. The van der Waals surface area contributed by atoms with Gasteiger partial charge in [0.15, 0.2) is 16.7 Å². The number of hydrogen-bond donors (Lipinski definition) is 1. The molecule has 0 radical (unpaired) electrons. The van der Waals surface area contributed by atoms with Crippen molar-refractivity contribution >= 4 is 46.2 Å². The van der Waals surface area contributed by atoms with E-state index in [1.54, 1.807) is 42.5 Å². The summed E-state index contributed by atoms with van der Waals surface area (Å²) >= 11 is 7.42. The van der Waals surface area contributed by atoms with Crippen LogP contribution in [0, 0.1) is 12.7 Å². The van der Waals surface area contributed by atoms with Gasteiger partial charge in [-0.25, -0.2) is 9.38 Å². The number of amides is 1. The Morgan fingerprint density at radius 2 is 1.91 bits per heavy atom. The second kappa shape index (κ2) is 10.8. The zero-order chi connectivity index (χ0) is 24.1. The zero-order valence-corrected chi connectivity index (χ0v) is 20.2. The number of ether oxygens (including phenoxy) is 2. The van der Waals surface area contributed by atoms with E-state index in [4.69, 9.17) is 21.1 Å². The van der Waals surface area contributed by atoms with Gasteiger partial charge in [0.05, 0.1) is 17.2 Å². The summed E-state index contributed by atoms with van der Waals surface area (Å²) in [6.45, 7) is 4.26. The Hall–Kier alpha value is -3.29. The van der Waals surface area contributed by atoms with Crippen molar-refractivity contribution in [2.24, 2.45) is 4.99 Å². The van der Waals surface area contributed by atoms with Crippen LogP contribution in [0.4, 0.5) is 10.1 Å². The number of nitrogens with zero attached hydrogens (tertiary/aromatic N) is 1. The fraction of sp³-hybridized carbons (Fsp3) is 0.154. The number of benzene rings is 3. The van der Waals surface area contributed by atoms with E-state index < -0.39 is 0 Å². The normalized spacial score (nSPS) is 15.6. The van der Waals surface area contributed by atoms with Gasteiger partial charge in [-0.2, -0.15) is 0 Å². The molecule has 4 rings (SSSR count). The maximum atomic E-state index is 13.9. The second-order valence-electron chi connectivity index (χ2n) is 7.38. The number of thioether (sulfide) groups is 1. The van der Waals surface area contributed by atoms with E-state index in [1.165, 1.54) is 17.8 Å². The highest BCUT2D eigenvalue weighted by Crippen LogP contribution is 2.34. The summed E-state index contributed by atoms with van der Waals surface area (Å²) in [5.41, 5.74) is 2.76. The molecule has 0 unspecified atom stereocenters. The molecule has 1 heterocycles. The van der Waals surface area contributed by atoms with Gasteiger partial charge in [0.25, 0.3) is 5.91 Å². The minimum atomic E-state index is -0.323. The van der Waals surface area contributed by atoms with Crippen LogP contribution in [0.15, 0.2) is 70.6 Å². The molecule has 174 valence electrons. The van der Waals surface area contributed by atoms with Crippen molar-refractivity contribution < 1.29 is 18.7 Å². The molecule has 0 saturated carbocycles. The summed E-state index contributed by atoms with van der Waals surface area (Å²) in [6, 6.07) is 17.3. The van der Waals surface area contributed by atoms with E-state index in [0.717, 1.165) is 11.1 Å². The summed E-state index contributed by atoms with van der Waals surface area (Å²) in [6.07, 6.45) is 1.76. The van der Waals surface area contributed by atoms with Crippen LogP contribution in [0.1, 0.15) is 23.6 Å². The van der Waals surface area contributed by atoms with E-state index in [2.05, 4.69) is 10.3 Å². The lowest BCUT2D eigenvalue weighted by Gasteiger charge is -2.13. The first kappa shape index (κ1) is 23.9. The quantitative estimate of drug-likeness (QED) is 0.372. The minimum absolute atomic E-state index is 0.0776. The first-order valence-electron chi connectivity index (χ1n) is 10.6. The summed E-state index contributed by atoms with van der Waals surface area (Å²) in [5, 5.41) is 3.89. The zero-order valence-electron chi connectivity index (χ0n) is 18.6. The van der Waals surface area contributed by atoms with Gasteiger partial charge < -0.3 is 14.8 Å². The number of halogens is 2. The minimum Gasteiger partial charge on any atom is -0.490 e. The Balaban J connectivity index is 1.53. The van der Waals surface area contributed by atoms with Crippen molar-refractivity contribution in [2.45, 2.75) is 20.5 Å². The molecule has 0 aromatic heterocycles. The fourth-order valence-electron chi connectivity index (χ4n) is 3.23. The van der Waals surface area contributed by atoms with E-state index >= 15 is 0 Å². The van der Waals surface area contributed by atoms with Crippen molar-refractivity contribution in [2.75, 3.05) is 6.61 Å².